The number of carbonyl (C=O) groups is 1. The summed E-state index contributed by atoms with van der Waals surface area (Å²) >= 11 is 0. The van der Waals surface area contributed by atoms with Crippen molar-refractivity contribution in [3.63, 3.8) is 0 Å². The average Bonchev–Trinajstić information content (AvgIpc) is 2.15. The molecule has 1 N–H and O–H groups in total. The zero-order chi connectivity index (χ0) is 12.3. The number of nitro groups is 1. The highest BCUT2D eigenvalue weighted by atomic mass is 16.6. The van der Waals surface area contributed by atoms with Gasteiger partial charge in [0.1, 0.15) is 18.6 Å². The Labute approximate surface area is 91.5 Å². The summed E-state index contributed by atoms with van der Waals surface area (Å²) in [6, 6.07) is 1.36. The minimum atomic E-state index is -0.984. The van der Waals surface area contributed by atoms with Crippen LogP contribution in [0.25, 0.3) is 0 Å². The van der Waals surface area contributed by atoms with Gasteiger partial charge in [-0.1, -0.05) is 0 Å². The third-order valence-corrected chi connectivity index (χ3v) is 1.98. The first-order valence-electron chi connectivity index (χ1n) is 4.45. The summed E-state index contributed by atoms with van der Waals surface area (Å²) in [6.07, 6.45) is 1.11. The zero-order valence-electron chi connectivity index (χ0n) is 8.88. The quantitative estimate of drug-likeness (QED) is 0.601. The molecule has 16 heavy (non-hydrogen) atoms. The number of carboxylic acid groups (broad SMARTS) is 1. The molecule has 0 bridgehead atoms. The molecule has 7 nitrogen and oxygen atoms in total. The van der Waals surface area contributed by atoms with Gasteiger partial charge >= 0.3 is 5.97 Å². The Morgan fingerprint density at radius 3 is 2.75 bits per heavy atom. The SMILES string of the molecule is Cc1cc([N+](=O)[O-])cnc1N(C)CC(=O)O. The summed E-state index contributed by atoms with van der Waals surface area (Å²) in [7, 11) is 1.56. The lowest BCUT2D eigenvalue weighted by molar-refractivity contribution is -0.385. The molecule has 0 aliphatic rings. The number of aliphatic carboxylic acids is 1. The number of hydrogen-bond donors (Lipinski definition) is 1. The Kier molecular flexibility index (Phi) is 3.39. The van der Waals surface area contributed by atoms with Crippen molar-refractivity contribution in [2.24, 2.45) is 0 Å². The van der Waals surface area contributed by atoms with Gasteiger partial charge in [-0.3, -0.25) is 14.9 Å². The van der Waals surface area contributed by atoms with Gasteiger partial charge in [-0.15, -0.1) is 0 Å². The van der Waals surface area contributed by atoms with E-state index in [-0.39, 0.29) is 12.2 Å². The number of nitrogens with zero attached hydrogens (tertiary/aromatic N) is 3. The van der Waals surface area contributed by atoms with Crippen LogP contribution in [0.1, 0.15) is 5.56 Å². The second-order valence-electron chi connectivity index (χ2n) is 3.34. The van der Waals surface area contributed by atoms with E-state index in [0.29, 0.717) is 11.4 Å². The molecule has 86 valence electrons. The summed E-state index contributed by atoms with van der Waals surface area (Å²) < 4.78 is 0. The van der Waals surface area contributed by atoms with Crippen molar-refractivity contribution in [2.75, 3.05) is 18.5 Å². The summed E-state index contributed by atoms with van der Waals surface area (Å²) in [5.41, 5.74) is 0.461. The summed E-state index contributed by atoms with van der Waals surface area (Å²) in [5, 5.41) is 19.1. The number of anilines is 1. The molecule has 0 amide bonds. The highest BCUT2D eigenvalue weighted by Gasteiger charge is 2.13. The van der Waals surface area contributed by atoms with Crippen molar-refractivity contribution in [1.29, 1.82) is 0 Å². The molecule has 7 heteroatoms. The van der Waals surface area contributed by atoms with E-state index in [1.165, 1.54) is 11.0 Å². The number of aromatic nitrogens is 1. The van der Waals surface area contributed by atoms with Crippen molar-refractivity contribution in [1.82, 2.24) is 4.98 Å². The van der Waals surface area contributed by atoms with Crippen LogP contribution in [0, 0.1) is 17.0 Å². The Hall–Kier alpha value is -2.18. The molecule has 0 saturated heterocycles. The predicted molar refractivity (Wildman–Crippen MR) is 56.5 cm³/mol. The minimum absolute atomic E-state index is 0.107. The van der Waals surface area contributed by atoms with Crippen LogP contribution in [0.5, 0.6) is 0 Å². The van der Waals surface area contributed by atoms with Crippen LogP contribution in [-0.4, -0.2) is 34.6 Å². The zero-order valence-corrected chi connectivity index (χ0v) is 8.88. The normalized spacial score (nSPS) is 9.88. The third kappa shape index (κ3) is 2.66. The molecular formula is C9H11N3O4. The van der Waals surface area contributed by atoms with Gasteiger partial charge in [0, 0.05) is 13.1 Å². The van der Waals surface area contributed by atoms with Crippen LogP contribution >= 0.6 is 0 Å². The fraction of sp³-hybridized carbons (Fsp3) is 0.333. The van der Waals surface area contributed by atoms with Crippen LogP contribution in [0.3, 0.4) is 0 Å². The Morgan fingerprint density at radius 2 is 2.31 bits per heavy atom. The Balaban J connectivity index is 2.98. The smallest absolute Gasteiger partial charge is 0.323 e. The van der Waals surface area contributed by atoms with Crippen LogP contribution in [0.2, 0.25) is 0 Å². The number of likely N-dealkylation sites (N-methyl/N-ethyl adjacent to an activating group) is 1. The van der Waals surface area contributed by atoms with Gasteiger partial charge < -0.3 is 10.0 Å². The maximum absolute atomic E-state index is 10.5. The van der Waals surface area contributed by atoms with Gasteiger partial charge in [0.15, 0.2) is 0 Å². The number of rotatable bonds is 4. The molecule has 1 aromatic rings. The lowest BCUT2D eigenvalue weighted by Gasteiger charge is -2.17. The van der Waals surface area contributed by atoms with Gasteiger partial charge in [-0.2, -0.15) is 0 Å². The Morgan fingerprint density at radius 1 is 1.69 bits per heavy atom. The second-order valence-corrected chi connectivity index (χ2v) is 3.34. The first-order valence-corrected chi connectivity index (χ1v) is 4.45. The molecule has 0 aliphatic heterocycles. The first-order chi connectivity index (χ1) is 7.41. The minimum Gasteiger partial charge on any atom is -0.480 e. The van der Waals surface area contributed by atoms with E-state index in [0.717, 1.165) is 6.20 Å². The Bertz CT molecular complexity index is 433. The fourth-order valence-electron chi connectivity index (χ4n) is 1.33. The molecule has 0 aliphatic carbocycles. The van der Waals surface area contributed by atoms with Crippen molar-refractivity contribution >= 4 is 17.5 Å². The first kappa shape index (κ1) is 11.9. The molecule has 1 heterocycles. The van der Waals surface area contributed by atoms with E-state index in [2.05, 4.69) is 4.98 Å². The predicted octanol–water partition coefficient (Wildman–Crippen LogP) is 0.819. The molecule has 0 saturated carbocycles. The molecule has 0 radical (unpaired) electrons. The average molecular weight is 225 g/mol. The summed E-state index contributed by atoms with van der Waals surface area (Å²) in [4.78, 5) is 25.7. The van der Waals surface area contributed by atoms with Gasteiger partial charge in [-0.05, 0) is 12.5 Å². The van der Waals surface area contributed by atoms with Gasteiger partial charge in [0.2, 0.25) is 0 Å². The van der Waals surface area contributed by atoms with Crippen LogP contribution in [-0.2, 0) is 4.79 Å². The molecule has 1 rings (SSSR count). The van der Waals surface area contributed by atoms with Crippen molar-refractivity contribution in [2.45, 2.75) is 6.92 Å². The number of carboxylic acids is 1. The van der Waals surface area contributed by atoms with Crippen molar-refractivity contribution in [3.05, 3.63) is 27.9 Å². The van der Waals surface area contributed by atoms with Crippen molar-refractivity contribution < 1.29 is 14.8 Å². The van der Waals surface area contributed by atoms with E-state index >= 15 is 0 Å². The third-order valence-electron chi connectivity index (χ3n) is 1.98. The van der Waals surface area contributed by atoms with E-state index in [1.807, 2.05) is 0 Å². The highest BCUT2D eigenvalue weighted by Crippen LogP contribution is 2.20. The number of pyridine rings is 1. The summed E-state index contributed by atoms with van der Waals surface area (Å²) in [6.45, 7) is 1.44. The number of aryl methyl sites for hydroxylation is 1. The number of hydrogen-bond acceptors (Lipinski definition) is 5. The van der Waals surface area contributed by atoms with Crippen LogP contribution in [0.4, 0.5) is 11.5 Å². The van der Waals surface area contributed by atoms with Gasteiger partial charge in [-0.25, -0.2) is 4.98 Å². The molecule has 0 spiro atoms. The molecule has 0 unspecified atom stereocenters. The maximum atomic E-state index is 10.5. The van der Waals surface area contributed by atoms with E-state index < -0.39 is 10.9 Å². The fourth-order valence-corrected chi connectivity index (χ4v) is 1.33. The molecule has 0 aromatic carbocycles. The maximum Gasteiger partial charge on any atom is 0.323 e. The van der Waals surface area contributed by atoms with Gasteiger partial charge in [0.05, 0.1) is 4.92 Å². The van der Waals surface area contributed by atoms with E-state index in [1.54, 1.807) is 14.0 Å². The molecule has 0 fully saturated rings. The molecule has 1 aromatic heterocycles. The van der Waals surface area contributed by atoms with Crippen LogP contribution < -0.4 is 4.90 Å². The van der Waals surface area contributed by atoms with E-state index in [4.69, 9.17) is 5.11 Å². The van der Waals surface area contributed by atoms with E-state index in [9.17, 15) is 14.9 Å². The lowest BCUT2D eigenvalue weighted by Crippen LogP contribution is -2.26. The standard InChI is InChI=1S/C9H11N3O4/c1-6-3-7(12(15)16)4-10-9(6)11(2)5-8(13)14/h3-4H,5H2,1-2H3,(H,13,14). The lowest BCUT2D eigenvalue weighted by atomic mass is 10.2. The summed E-state index contributed by atoms with van der Waals surface area (Å²) in [5.74, 6) is -0.560. The van der Waals surface area contributed by atoms with Crippen LogP contribution in [0.15, 0.2) is 12.3 Å². The highest BCUT2D eigenvalue weighted by molar-refractivity contribution is 5.73. The molecular weight excluding hydrogens is 214 g/mol. The van der Waals surface area contributed by atoms with Gasteiger partial charge in [0.25, 0.3) is 5.69 Å². The second kappa shape index (κ2) is 4.56. The topological polar surface area (TPSA) is 96.6 Å². The monoisotopic (exact) mass is 225 g/mol. The molecule has 0 atom stereocenters. The largest absolute Gasteiger partial charge is 0.480 e. The van der Waals surface area contributed by atoms with Crippen molar-refractivity contribution in [3.8, 4) is 0 Å².